The van der Waals surface area contributed by atoms with Gasteiger partial charge in [-0.15, -0.1) is 0 Å². The lowest BCUT2D eigenvalue weighted by Crippen LogP contribution is -2.28. The Balaban J connectivity index is 0. The first kappa shape index (κ1) is 53.4. The normalized spacial score (nSPS) is 11.9. The van der Waals surface area contributed by atoms with E-state index in [-0.39, 0.29) is 32.7 Å². The van der Waals surface area contributed by atoms with Crippen molar-refractivity contribution in [2.24, 2.45) is 0 Å². The standard InChI is InChI=1S/C45H90O6.CH4/c1-3-5-7-9-11-13-15-17-19-21-23-25-27-29-31-33-38-49-42-44(43-51-45(47)36-35-39-48-41-37-46)50-40-34-32-30-28-26-24-22-20-18-16-14-12-10-8-6-4-2;/h44,46H,3-43H2,1-2H3;1H4. The number of aliphatic hydroxyl groups is 1. The van der Waals surface area contributed by atoms with Gasteiger partial charge < -0.3 is 24.1 Å². The summed E-state index contributed by atoms with van der Waals surface area (Å²) in [5.41, 5.74) is 0. The highest BCUT2D eigenvalue weighted by molar-refractivity contribution is 5.69. The second-order valence-electron chi connectivity index (χ2n) is 15.3. The highest BCUT2D eigenvalue weighted by atomic mass is 16.6. The van der Waals surface area contributed by atoms with E-state index in [4.69, 9.17) is 24.1 Å². The number of rotatable bonds is 45. The number of hydrogen-bond donors (Lipinski definition) is 1. The van der Waals surface area contributed by atoms with Crippen LogP contribution in [0.25, 0.3) is 0 Å². The summed E-state index contributed by atoms with van der Waals surface area (Å²) in [7, 11) is 0. The van der Waals surface area contributed by atoms with Gasteiger partial charge in [0.15, 0.2) is 0 Å². The first-order valence-corrected chi connectivity index (χ1v) is 22.8. The van der Waals surface area contributed by atoms with Gasteiger partial charge in [-0.1, -0.05) is 214 Å². The molecule has 1 N–H and O–H groups in total. The fraction of sp³-hybridized carbons (Fsp3) is 0.978. The molecule has 0 aromatic rings. The molecule has 0 rings (SSSR count). The predicted octanol–water partition coefficient (Wildman–Crippen LogP) is 13.9. The first-order chi connectivity index (χ1) is 25.2. The van der Waals surface area contributed by atoms with Crippen molar-refractivity contribution in [2.75, 3.05) is 46.2 Å². The van der Waals surface area contributed by atoms with Crippen molar-refractivity contribution in [3.8, 4) is 0 Å². The first-order valence-electron chi connectivity index (χ1n) is 22.8. The van der Waals surface area contributed by atoms with Crippen LogP contribution in [0.15, 0.2) is 0 Å². The Morgan fingerprint density at radius 3 is 1.15 bits per heavy atom. The lowest BCUT2D eigenvalue weighted by atomic mass is 10.0. The Labute approximate surface area is 326 Å². The zero-order valence-corrected chi connectivity index (χ0v) is 34.6. The monoisotopic (exact) mass is 743 g/mol. The molecule has 0 amide bonds. The topological polar surface area (TPSA) is 74.2 Å². The lowest BCUT2D eigenvalue weighted by Gasteiger charge is -2.18. The minimum absolute atomic E-state index is 0. The van der Waals surface area contributed by atoms with E-state index in [0.29, 0.717) is 39.3 Å². The summed E-state index contributed by atoms with van der Waals surface area (Å²) in [6.07, 6.45) is 44.3. The Morgan fingerprint density at radius 1 is 0.423 bits per heavy atom. The summed E-state index contributed by atoms with van der Waals surface area (Å²) in [6.45, 7) is 7.50. The number of carbonyl (C=O) groups excluding carboxylic acids is 1. The van der Waals surface area contributed by atoms with E-state index in [0.717, 1.165) is 19.4 Å². The van der Waals surface area contributed by atoms with Crippen LogP contribution in [0.1, 0.15) is 240 Å². The van der Waals surface area contributed by atoms with E-state index in [1.54, 1.807) is 0 Å². The van der Waals surface area contributed by atoms with Gasteiger partial charge in [0.2, 0.25) is 0 Å². The molecule has 6 nitrogen and oxygen atoms in total. The van der Waals surface area contributed by atoms with Crippen LogP contribution < -0.4 is 0 Å². The highest BCUT2D eigenvalue weighted by Gasteiger charge is 2.13. The van der Waals surface area contributed by atoms with Gasteiger partial charge in [0.25, 0.3) is 0 Å². The molecule has 52 heavy (non-hydrogen) atoms. The van der Waals surface area contributed by atoms with E-state index < -0.39 is 0 Å². The summed E-state index contributed by atoms with van der Waals surface area (Å²) in [6, 6.07) is 0. The molecule has 0 aliphatic heterocycles. The van der Waals surface area contributed by atoms with Crippen molar-refractivity contribution in [1.29, 1.82) is 0 Å². The summed E-state index contributed by atoms with van der Waals surface area (Å²) in [5.74, 6) is -0.226. The Morgan fingerprint density at radius 2 is 0.769 bits per heavy atom. The van der Waals surface area contributed by atoms with Gasteiger partial charge in [-0.2, -0.15) is 0 Å². The van der Waals surface area contributed by atoms with Crippen LogP contribution >= 0.6 is 0 Å². The molecule has 0 aromatic heterocycles. The van der Waals surface area contributed by atoms with E-state index in [1.807, 2.05) is 0 Å². The van der Waals surface area contributed by atoms with Crippen LogP contribution in [0, 0.1) is 0 Å². The second-order valence-corrected chi connectivity index (χ2v) is 15.3. The zero-order chi connectivity index (χ0) is 37.0. The molecule has 314 valence electrons. The number of carbonyl (C=O) groups is 1. The minimum Gasteiger partial charge on any atom is -0.463 e. The van der Waals surface area contributed by atoms with Gasteiger partial charge in [-0.3, -0.25) is 4.79 Å². The maximum Gasteiger partial charge on any atom is 0.305 e. The molecule has 6 heteroatoms. The Hall–Kier alpha value is -0.690. The molecule has 0 aliphatic rings. The highest BCUT2D eigenvalue weighted by Crippen LogP contribution is 2.15. The van der Waals surface area contributed by atoms with Crippen molar-refractivity contribution in [3.63, 3.8) is 0 Å². The van der Waals surface area contributed by atoms with Crippen LogP contribution in [0.3, 0.4) is 0 Å². The van der Waals surface area contributed by atoms with Gasteiger partial charge in [0.05, 0.1) is 19.8 Å². The maximum atomic E-state index is 12.2. The Kier molecular flexibility index (Phi) is 49.6. The SMILES string of the molecule is C.CCCCCCCCCCCCCCCCCCOCC(COC(=O)CCCOCCO)OCCCCCCCCCCCCCCCCCC. The van der Waals surface area contributed by atoms with E-state index >= 15 is 0 Å². The summed E-state index contributed by atoms with van der Waals surface area (Å²) < 4.78 is 22.9. The minimum atomic E-state index is -0.226. The molecule has 0 aliphatic carbocycles. The fourth-order valence-electron chi connectivity index (χ4n) is 6.75. The van der Waals surface area contributed by atoms with Crippen molar-refractivity contribution >= 4 is 5.97 Å². The largest absolute Gasteiger partial charge is 0.463 e. The maximum absolute atomic E-state index is 12.2. The van der Waals surface area contributed by atoms with E-state index in [1.165, 1.54) is 193 Å². The summed E-state index contributed by atoms with van der Waals surface area (Å²) >= 11 is 0. The molecular formula is C46H94O6. The molecular weight excluding hydrogens is 648 g/mol. The third-order valence-electron chi connectivity index (χ3n) is 10.1. The van der Waals surface area contributed by atoms with Crippen molar-refractivity contribution in [2.45, 2.75) is 246 Å². The van der Waals surface area contributed by atoms with Gasteiger partial charge in [-0.05, 0) is 19.3 Å². The van der Waals surface area contributed by atoms with Gasteiger partial charge in [0, 0.05) is 26.2 Å². The Bertz CT molecular complexity index is 644. The predicted molar refractivity (Wildman–Crippen MR) is 224 cm³/mol. The summed E-state index contributed by atoms with van der Waals surface area (Å²) in [4.78, 5) is 12.2. The third kappa shape index (κ3) is 45.5. The third-order valence-corrected chi connectivity index (χ3v) is 10.1. The van der Waals surface area contributed by atoms with Crippen LogP contribution in [-0.4, -0.2) is 63.4 Å². The molecule has 1 unspecified atom stereocenters. The van der Waals surface area contributed by atoms with Crippen LogP contribution in [-0.2, 0) is 23.7 Å². The number of esters is 1. The quantitative estimate of drug-likeness (QED) is 0.0495. The average molecular weight is 743 g/mol. The lowest BCUT2D eigenvalue weighted by molar-refractivity contribution is -0.150. The van der Waals surface area contributed by atoms with Crippen LogP contribution in [0.4, 0.5) is 0 Å². The fourth-order valence-corrected chi connectivity index (χ4v) is 6.75. The molecule has 1 atom stereocenters. The number of hydrogen-bond acceptors (Lipinski definition) is 6. The van der Waals surface area contributed by atoms with Gasteiger partial charge in [0.1, 0.15) is 12.7 Å². The average Bonchev–Trinajstić information content (AvgIpc) is 3.14. The van der Waals surface area contributed by atoms with Crippen molar-refractivity contribution < 1.29 is 28.8 Å². The number of aliphatic hydroxyl groups excluding tert-OH is 1. The van der Waals surface area contributed by atoms with Crippen LogP contribution in [0.2, 0.25) is 0 Å². The van der Waals surface area contributed by atoms with Gasteiger partial charge >= 0.3 is 5.97 Å². The second kappa shape index (κ2) is 48.3. The smallest absolute Gasteiger partial charge is 0.305 e. The molecule has 0 saturated heterocycles. The number of unbranched alkanes of at least 4 members (excludes halogenated alkanes) is 30. The van der Waals surface area contributed by atoms with Crippen molar-refractivity contribution in [1.82, 2.24) is 0 Å². The zero-order valence-electron chi connectivity index (χ0n) is 34.6. The molecule has 0 heterocycles. The van der Waals surface area contributed by atoms with Crippen molar-refractivity contribution in [3.05, 3.63) is 0 Å². The molecule has 0 saturated carbocycles. The van der Waals surface area contributed by atoms with E-state index in [2.05, 4.69) is 13.8 Å². The molecule has 0 spiro atoms. The molecule has 0 aromatic carbocycles. The van der Waals surface area contributed by atoms with Crippen LogP contribution in [0.5, 0.6) is 0 Å². The van der Waals surface area contributed by atoms with E-state index in [9.17, 15) is 4.79 Å². The number of ether oxygens (including phenoxy) is 4. The molecule has 0 fully saturated rings. The molecule has 0 bridgehead atoms. The molecule has 0 radical (unpaired) electrons. The van der Waals surface area contributed by atoms with Gasteiger partial charge in [-0.25, -0.2) is 0 Å². The summed E-state index contributed by atoms with van der Waals surface area (Å²) in [5, 5.41) is 8.81.